The van der Waals surface area contributed by atoms with E-state index in [1.165, 1.54) is 194 Å². The first-order chi connectivity index (χ1) is 60.6. The Labute approximate surface area is 733 Å². The van der Waals surface area contributed by atoms with Crippen LogP contribution in [0.15, 0.2) is 282 Å². The van der Waals surface area contributed by atoms with Gasteiger partial charge in [0.2, 0.25) is 0 Å². The van der Waals surface area contributed by atoms with Crippen molar-refractivity contribution in [3.63, 3.8) is 0 Å². The summed E-state index contributed by atoms with van der Waals surface area (Å²) in [5.41, 5.74) is -0.686. The van der Waals surface area contributed by atoms with Gasteiger partial charge in [0.05, 0.1) is 43.8 Å². The van der Waals surface area contributed by atoms with Gasteiger partial charge in [-0.1, -0.05) is 142 Å². The molecule has 0 fully saturated rings. The number of aromatic nitrogens is 8. The van der Waals surface area contributed by atoms with Gasteiger partial charge in [-0.05, 0) is 201 Å². The SMILES string of the molecule is Cc1ccc(S(=O)(=O)Oc2ccc(OS(=O)(=O)c3ccc(C)cc3)c3c2-c2nc-3nc3[nH]c(nc4nc(nc5[nH]c(n2)c2c(OS(=O)(=O)c6ccc(C)cc6)ccc(OS(=O)(=O)c6ccc(C)cc6)c52)-c2c(OS(=O)(=O)c5ccc(C)cc5)ccc(OS(=O)(=O)c5ccc(C)cc5)c2-4)c2c(OS(=O)(=O)c4ccc(C)cc4)ccc(OS(=O)(=O)c4ccc(C)cc4)c32)cc1. The van der Waals surface area contributed by atoms with Gasteiger partial charge in [-0.25, -0.2) is 29.9 Å². The third kappa shape index (κ3) is 16.9. The van der Waals surface area contributed by atoms with Crippen LogP contribution in [-0.2, 0) is 80.9 Å². The number of H-pyrrole nitrogens is 2. The summed E-state index contributed by atoms with van der Waals surface area (Å²) in [7, 11) is -40.8. The first kappa shape index (κ1) is 86.1. The molecule has 5 heterocycles. The Kier molecular flexibility index (Phi) is 21.6. The lowest BCUT2D eigenvalue weighted by Crippen LogP contribution is -2.12. The molecule has 3 aromatic heterocycles. The molecule has 0 amide bonds. The fraction of sp³-hybridized carbons (Fsp3) is 0.0909. The zero-order valence-electron chi connectivity index (χ0n) is 67.8. The minimum absolute atomic E-state index is 0.449. The van der Waals surface area contributed by atoms with E-state index in [1.807, 2.05) is 0 Å². The molecule has 0 aliphatic carbocycles. The van der Waals surface area contributed by atoms with Crippen molar-refractivity contribution in [1.29, 1.82) is 0 Å². The van der Waals surface area contributed by atoms with Crippen molar-refractivity contribution in [3.8, 4) is 91.5 Å². The summed E-state index contributed by atoms with van der Waals surface area (Å²) in [5, 5.41) is -2.52. The lowest BCUT2D eigenvalue weighted by atomic mass is 10.1. The second kappa shape index (κ2) is 32.1. The molecule has 32 nitrogen and oxygen atoms in total. The average molecular weight is 1880 g/mol. The zero-order valence-corrected chi connectivity index (χ0v) is 74.4. The smallest absolute Gasteiger partial charge is 0.339 e. The largest absolute Gasteiger partial charge is 0.378 e. The summed E-state index contributed by atoms with van der Waals surface area (Å²) in [6.45, 7) is 13.4. The van der Waals surface area contributed by atoms with Crippen molar-refractivity contribution in [1.82, 2.24) is 39.9 Å². The number of benzene rings is 12. The second-order valence-corrected chi connectivity index (χ2v) is 42.0. The van der Waals surface area contributed by atoms with Crippen LogP contribution in [-0.4, -0.2) is 107 Å². The van der Waals surface area contributed by atoms with Crippen molar-refractivity contribution in [2.45, 2.75) is 94.6 Å². The predicted octanol–water partition coefficient (Wildman–Crippen LogP) is 15.5. The van der Waals surface area contributed by atoms with Gasteiger partial charge in [-0.15, -0.1) is 0 Å². The average Bonchev–Trinajstić information content (AvgIpc) is 1.56. The molecule has 2 aliphatic rings. The van der Waals surface area contributed by atoms with Crippen LogP contribution in [0.1, 0.15) is 44.5 Å². The lowest BCUT2D eigenvalue weighted by Gasteiger charge is -2.15. The molecule has 128 heavy (non-hydrogen) atoms. The van der Waals surface area contributed by atoms with E-state index in [0.717, 1.165) is 48.5 Å². The Morgan fingerprint density at radius 3 is 0.438 bits per heavy atom. The van der Waals surface area contributed by atoms with E-state index >= 15 is 67.3 Å². The highest BCUT2D eigenvalue weighted by Crippen LogP contribution is 2.53. The normalized spacial score (nSPS) is 12.6. The number of hydrogen-bond donors (Lipinski definition) is 2. The number of nitrogens with zero attached hydrogens (tertiary/aromatic N) is 6. The highest BCUT2D eigenvalue weighted by molar-refractivity contribution is 7.89. The predicted molar refractivity (Wildman–Crippen MR) is 468 cm³/mol. The number of fused-ring (bicyclic) bond motifs is 20. The topological polar surface area (TPSA) is 456 Å². The minimum Gasteiger partial charge on any atom is -0.378 e. The third-order valence-electron chi connectivity index (χ3n) is 20.2. The van der Waals surface area contributed by atoms with Crippen LogP contribution in [0, 0.1) is 55.4 Å². The van der Waals surface area contributed by atoms with Crippen molar-refractivity contribution >= 4 is 125 Å². The van der Waals surface area contributed by atoms with Gasteiger partial charge in [0.15, 0.2) is 69.3 Å². The zero-order chi connectivity index (χ0) is 90.7. The van der Waals surface area contributed by atoms with Crippen molar-refractivity contribution < 1.29 is 101 Å². The summed E-state index contributed by atoms with van der Waals surface area (Å²) in [4.78, 5) is 32.3. The quantitative estimate of drug-likeness (QED) is 0.0531. The number of hydrogen-bond acceptors (Lipinski definition) is 30. The van der Waals surface area contributed by atoms with Crippen LogP contribution < -0.4 is 33.5 Å². The molecule has 40 heteroatoms. The van der Waals surface area contributed by atoms with Crippen molar-refractivity contribution in [3.05, 3.63) is 287 Å². The summed E-state index contributed by atoms with van der Waals surface area (Å²) in [6.07, 6.45) is 0. The Balaban J connectivity index is 1.10. The van der Waals surface area contributed by atoms with Gasteiger partial charge >= 0.3 is 80.9 Å². The number of aryl methyl sites for hydroxylation is 8. The first-order valence-electron chi connectivity index (χ1n) is 38.2. The van der Waals surface area contributed by atoms with Crippen LogP contribution >= 0.6 is 0 Å². The molecule has 8 bridgehead atoms. The van der Waals surface area contributed by atoms with E-state index < -0.39 is 256 Å². The molecule has 0 unspecified atom stereocenters. The minimum atomic E-state index is -5.10. The molecule has 2 N–H and O–H groups in total. The van der Waals surface area contributed by atoms with Gasteiger partial charge in [-0.2, -0.15) is 67.3 Å². The van der Waals surface area contributed by atoms with E-state index in [0.29, 0.717) is 44.5 Å². The fourth-order valence-electron chi connectivity index (χ4n) is 13.6. The van der Waals surface area contributed by atoms with E-state index in [4.69, 9.17) is 63.4 Å². The van der Waals surface area contributed by atoms with Crippen LogP contribution in [0.4, 0.5) is 0 Å². The van der Waals surface area contributed by atoms with E-state index in [9.17, 15) is 0 Å². The van der Waals surface area contributed by atoms with Crippen LogP contribution in [0.5, 0.6) is 46.0 Å². The Bertz CT molecular complexity index is 7380. The van der Waals surface area contributed by atoms with Crippen molar-refractivity contribution in [2.24, 2.45) is 0 Å². The molecule has 0 spiro atoms. The number of aromatic amines is 2. The summed E-state index contributed by atoms with van der Waals surface area (Å²) < 4.78 is 290. The monoisotopic (exact) mass is 1870 g/mol. The molecule has 17 rings (SSSR count). The van der Waals surface area contributed by atoms with Crippen LogP contribution in [0.2, 0.25) is 0 Å². The van der Waals surface area contributed by atoms with Crippen molar-refractivity contribution in [2.75, 3.05) is 0 Å². The molecule has 650 valence electrons. The fourth-order valence-corrected chi connectivity index (χ4v) is 21.1. The summed E-state index contributed by atoms with van der Waals surface area (Å²) >= 11 is 0. The molecule has 12 aromatic carbocycles. The lowest BCUT2D eigenvalue weighted by molar-refractivity contribution is 0.479. The Hall–Kier alpha value is -14.0. The van der Waals surface area contributed by atoms with Crippen LogP contribution in [0.3, 0.4) is 0 Å². The molecule has 2 aliphatic heterocycles. The maximum absolute atomic E-state index is 15.1. The molecular weight excluding hydrogens is 1810 g/mol. The number of nitrogens with one attached hydrogen (secondary N) is 2. The maximum atomic E-state index is 15.1. The molecule has 0 saturated carbocycles. The van der Waals surface area contributed by atoms with Gasteiger partial charge in [-0.3, -0.25) is 0 Å². The van der Waals surface area contributed by atoms with Gasteiger partial charge in [0.25, 0.3) is 0 Å². The maximum Gasteiger partial charge on any atom is 0.339 e. The third-order valence-corrected chi connectivity index (χ3v) is 30.2. The van der Waals surface area contributed by atoms with E-state index in [2.05, 4.69) is 9.97 Å². The van der Waals surface area contributed by atoms with E-state index in [1.54, 1.807) is 55.4 Å². The van der Waals surface area contributed by atoms with Gasteiger partial charge in [0, 0.05) is 0 Å². The number of rotatable bonds is 24. The van der Waals surface area contributed by atoms with Gasteiger partial charge < -0.3 is 43.4 Å². The second-order valence-electron chi connectivity index (χ2n) is 29.7. The standard InChI is InChI=1S/C88H66N8O24S8/c1-49-9-25-57(26-10-49)121(97,98)113-65-41-42-66(114-122(99,100)58-27-11-50(2)12-28-58)74-73(65)81-89-82(74)94-84-77-69(117-125(105,106)61-33-17-53(5)18-34-61)45-46-70(118-126(107,108)62-35-19-54(6)20-36-62)78(77)86(91-84)96-88-80-72(120-128(111,112)64-39-23-56(8)24-40-64)48-47-71(119-127(109,110)63-37-21-55(7)22-38-63)79(80)87(92-88)95-85-76-68(116-124(103,104)60-31-15-52(4)16-32-60)44-43-67(75(76)83(90-85)93-81)115-123(101,102)59-29-13-51(3)14-30-59/h9-48H,1-8H3,(H2,89,90,91,92,93,94,95,96). The molecule has 0 atom stereocenters. The van der Waals surface area contributed by atoms with Gasteiger partial charge in [0.1, 0.15) is 61.8 Å². The van der Waals surface area contributed by atoms with Crippen LogP contribution in [0.25, 0.3) is 89.7 Å². The van der Waals surface area contributed by atoms with E-state index in [-0.39, 0.29) is 0 Å². The molecule has 0 radical (unpaired) electrons. The molecular formula is C88H66N8O24S8. The highest BCUT2D eigenvalue weighted by Gasteiger charge is 2.39. The highest BCUT2D eigenvalue weighted by atomic mass is 32.3. The molecule has 15 aromatic rings. The Morgan fingerprint density at radius 1 is 0.172 bits per heavy atom. The molecule has 0 saturated heterocycles. The summed E-state index contributed by atoms with van der Waals surface area (Å²) in [5.74, 6) is -9.30. The first-order valence-corrected chi connectivity index (χ1v) is 49.4. The summed E-state index contributed by atoms with van der Waals surface area (Å²) in [6, 6.07) is 50.5. The Morgan fingerprint density at radius 2 is 0.297 bits per heavy atom.